The number of pyridine rings is 2. The van der Waals surface area contributed by atoms with Crippen LogP contribution in [-0.2, 0) is 34.0 Å². The molecule has 3 heterocycles. The normalized spacial score (nSPS) is 18.0. The molecule has 5 rings (SSSR count). The zero-order valence-corrected chi connectivity index (χ0v) is 27.3. The lowest BCUT2D eigenvalue weighted by Gasteiger charge is -2.36. The maximum absolute atomic E-state index is 16.1. The van der Waals surface area contributed by atoms with Gasteiger partial charge >= 0.3 is 12.4 Å². The van der Waals surface area contributed by atoms with Crippen LogP contribution in [0.3, 0.4) is 0 Å². The molecule has 1 aliphatic rings. The first-order valence-electron chi connectivity index (χ1n) is 14.9. The molecule has 0 radical (unpaired) electrons. The van der Waals surface area contributed by atoms with E-state index >= 15 is 17.6 Å². The summed E-state index contributed by atoms with van der Waals surface area (Å²) in [6, 6.07) is 10.8. The number of alkyl halides is 6. The minimum Gasteiger partial charge on any atom is -0.256 e. The summed E-state index contributed by atoms with van der Waals surface area (Å²) < 4.78 is 151. The summed E-state index contributed by atoms with van der Waals surface area (Å²) in [6.45, 7) is 10.9. The molecule has 12 heteroatoms. The molecule has 0 N–H and O–H groups in total. The Balaban J connectivity index is 2.06. The third kappa shape index (κ3) is 5.26. The quantitative estimate of drug-likeness (QED) is 0.173. The minimum absolute atomic E-state index is 0.0913. The number of halogens is 10. The number of fused-ring (bicyclic) bond motifs is 8. The molecule has 2 aromatic carbocycles. The van der Waals surface area contributed by atoms with Crippen LogP contribution in [-0.4, -0.2) is 9.97 Å². The number of hydrogen-bond acceptors (Lipinski definition) is 2. The topological polar surface area (TPSA) is 25.8 Å². The van der Waals surface area contributed by atoms with Crippen LogP contribution in [0.25, 0.3) is 0 Å². The van der Waals surface area contributed by atoms with Crippen molar-refractivity contribution < 1.29 is 43.9 Å². The average molecular weight is 683 g/mol. The van der Waals surface area contributed by atoms with E-state index in [1.165, 1.54) is 39.8 Å². The number of rotatable bonds is 0. The third-order valence-electron chi connectivity index (χ3n) is 9.72. The fourth-order valence-electron chi connectivity index (χ4n) is 6.40. The maximum Gasteiger partial charge on any atom is 0.422 e. The SMILES string of the molecule is CC1(C)c2cccc(n2)C(C)(C)c2cc(c(F)c(C(F)(F)F)c2F)C(C)(C)c2cc(c(F)c(C(F)(F)F)c2F)C(C)(C)c2cccc1n2. The molecule has 0 atom stereocenters. The highest BCUT2D eigenvalue weighted by molar-refractivity contribution is 5.53. The second-order valence-corrected chi connectivity index (χ2v) is 14.3. The van der Waals surface area contributed by atoms with Gasteiger partial charge < -0.3 is 0 Å². The lowest BCUT2D eigenvalue weighted by Crippen LogP contribution is -2.33. The second kappa shape index (κ2) is 10.8. The van der Waals surface area contributed by atoms with Crippen LogP contribution in [0.5, 0.6) is 0 Å². The molecule has 8 bridgehead atoms. The Kier molecular flexibility index (Phi) is 7.93. The highest BCUT2D eigenvalue weighted by Crippen LogP contribution is 2.49. The smallest absolute Gasteiger partial charge is 0.256 e. The molecule has 2 nitrogen and oxygen atoms in total. The molecule has 256 valence electrons. The van der Waals surface area contributed by atoms with Crippen LogP contribution in [0.15, 0.2) is 48.5 Å². The second-order valence-electron chi connectivity index (χ2n) is 14.3. The Morgan fingerprint density at radius 2 is 0.667 bits per heavy atom. The van der Waals surface area contributed by atoms with Crippen molar-refractivity contribution in [2.45, 2.75) is 89.4 Å². The van der Waals surface area contributed by atoms with E-state index in [1.54, 1.807) is 38.1 Å². The van der Waals surface area contributed by atoms with Crippen molar-refractivity contribution in [1.29, 1.82) is 0 Å². The van der Waals surface area contributed by atoms with Crippen molar-refractivity contribution in [2.24, 2.45) is 0 Å². The summed E-state index contributed by atoms with van der Waals surface area (Å²) in [5, 5.41) is 0. The molecular weight excluding hydrogens is 650 g/mol. The molecule has 0 saturated carbocycles. The van der Waals surface area contributed by atoms with E-state index in [9.17, 15) is 26.3 Å². The van der Waals surface area contributed by atoms with Gasteiger partial charge in [-0.05, 0) is 61.4 Å². The molecule has 0 amide bonds. The third-order valence-corrected chi connectivity index (χ3v) is 9.72. The Hall–Kier alpha value is -3.96. The molecule has 2 aromatic heterocycles. The standard InChI is InChI=1S/C36H32F10N2/c1-31(2)17-15-19(29(39)25(27(17)37)35(41,42)43)32(3,4)21-11-9-13-23(47-21)34(7,8)24-14-10-12-22(48-24)33(5,6)20-16-18(31)28(38)26(30(20)40)36(44,45)46/h9-16H,1-8H3. The van der Waals surface area contributed by atoms with E-state index < -0.39 is 90.7 Å². The number of benzene rings is 2. The zero-order chi connectivity index (χ0) is 36.2. The van der Waals surface area contributed by atoms with Gasteiger partial charge in [-0.3, -0.25) is 9.97 Å². The van der Waals surface area contributed by atoms with Gasteiger partial charge in [0, 0.05) is 32.8 Å². The molecule has 48 heavy (non-hydrogen) atoms. The molecule has 0 unspecified atom stereocenters. The van der Waals surface area contributed by atoms with Gasteiger partial charge in [0.1, 0.15) is 34.4 Å². The fraction of sp³-hybridized carbons (Fsp3) is 0.389. The van der Waals surface area contributed by atoms with Gasteiger partial charge in [0.15, 0.2) is 0 Å². The van der Waals surface area contributed by atoms with E-state index in [4.69, 9.17) is 9.97 Å². The predicted molar refractivity (Wildman–Crippen MR) is 160 cm³/mol. The van der Waals surface area contributed by atoms with Gasteiger partial charge in [0.2, 0.25) is 0 Å². The first kappa shape index (κ1) is 35.3. The van der Waals surface area contributed by atoms with Crippen molar-refractivity contribution in [1.82, 2.24) is 9.97 Å². The first-order chi connectivity index (χ1) is 21.8. The van der Waals surface area contributed by atoms with Crippen LogP contribution in [0.4, 0.5) is 43.9 Å². The highest BCUT2D eigenvalue weighted by atomic mass is 19.4. The maximum atomic E-state index is 16.1. The summed E-state index contributed by atoms with van der Waals surface area (Å²) >= 11 is 0. The lowest BCUT2D eigenvalue weighted by atomic mass is 9.70. The van der Waals surface area contributed by atoms with E-state index in [-0.39, 0.29) is 11.4 Å². The van der Waals surface area contributed by atoms with Crippen molar-refractivity contribution in [3.05, 3.63) is 128 Å². The van der Waals surface area contributed by atoms with Gasteiger partial charge in [-0.15, -0.1) is 0 Å². The van der Waals surface area contributed by atoms with Crippen molar-refractivity contribution in [3.63, 3.8) is 0 Å². The summed E-state index contributed by atoms with van der Waals surface area (Å²) in [5.74, 6) is -8.19. The molecule has 4 aromatic rings. The van der Waals surface area contributed by atoms with Gasteiger partial charge in [-0.2, -0.15) is 26.3 Å². The number of hydrogen-bond donors (Lipinski definition) is 0. The van der Waals surface area contributed by atoms with Crippen LogP contribution < -0.4 is 0 Å². The summed E-state index contributed by atoms with van der Waals surface area (Å²) in [5.41, 5.74) is -13.8. The molecule has 0 saturated heterocycles. The van der Waals surface area contributed by atoms with E-state index in [0.717, 1.165) is 26.0 Å². The van der Waals surface area contributed by atoms with Gasteiger partial charge in [0.25, 0.3) is 0 Å². The Morgan fingerprint density at radius 1 is 0.417 bits per heavy atom. The molecule has 0 fully saturated rings. The van der Waals surface area contributed by atoms with Gasteiger partial charge in [-0.25, -0.2) is 17.6 Å². The van der Waals surface area contributed by atoms with Crippen LogP contribution >= 0.6 is 0 Å². The van der Waals surface area contributed by atoms with Crippen molar-refractivity contribution in [2.75, 3.05) is 0 Å². The fourth-order valence-corrected chi connectivity index (χ4v) is 6.40. The van der Waals surface area contributed by atoms with Crippen LogP contribution in [0, 0.1) is 23.3 Å². The van der Waals surface area contributed by atoms with E-state index in [1.807, 2.05) is 0 Å². The number of nitrogens with zero attached hydrogens (tertiary/aromatic N) is 2. The highest BCUT2D eigenvalue weighted by Gasteiger charge is 2.48. The summed E-state index contributed by atoms with van der Waals surface area (Å²) in [4.78, 5) is 9.41. The van der Waals surface area contributed by atoms with Gasteiger partial charge in [0.05, 0.1) is 22.8 Å². The Labute approximate surface area is 271 Å². The molecule has 1 aliphatic heterocycles. The Morgan fingerprint density at radius 3 is 0.938 bits per heavy atom. The minimum atomic E-state index is -5.61. The predicted octanol–water partition coefficient (Wildman–Crippen LogP) is 10.7. The summed E-state index contributed by atoms with van der Waals surface area (Å²) in [7, 11) is 0. The monoisotopic (exact) mass is 682 g/mol. The molecule has 0 aliphatic carbocycles. The Bertz CT molecular complexity index is 1810. The van der Waals surface area contributed by atoms with E-state index in [0.29, 0.717) is 11.4 Å². The van der Waals surface area contributed by atoms with Gasteiger partial charge in [-0.1, -0.05) is 53.7 Å². The van der Waals surface area contributed by atoms with E-state index in [2.05, 4.69) is 0 Å². The zero-order valence-electron chi connectivity index (χ0n) is 27.3. The molecular formula is C36H32F10N2. The lowest BCUT2D eigenvalue weighted by molar-refractivity contribution is -0.143. The molecule has 0 spiro atoms. The van der Waals surface area contributed by atoms with Crippen LogP contribution in [0.2, 0.25) is 0 Å². The van der Waals surface area contributed by atoms with Crippen molar-refractivity contribution in [3.8, 4) is 0 Å². The number of aromatic nitrogens is 2. The average Bonchev–Trinajstić information content (AvgIpc) is 2.95. The van der Waals surface area contributed by atoms with Crippen molar-refractivity contribution >= 4 is 0 Å². The first-order valence-corrected chi connectivity index (χ1v) is 14.9. The largest absolute Gasteiger partial charge is 0.422 e. The summed E-state index contributed by atoms with van der Waals surface area (Å²) in [6.07, 6.45) is -11.2. The van der Waals surface area contributed by atoms with Crippen LogP contribution in [0.1, 0.15) is 112 Å².